The second-order valence-corrected chi connectivity index (χ2v) is 10.1. The number of H-pyrrole nitrogens is 1. The first-order chi connectivity index (χ1) is 12.7. The van der Waals surface area contributed by atoms with Crippen LogP contribution in [0.15, 0.2) is 34.1 Å². The number of benzene rings is 1. The molecule has 0 radical (unpaired) electrons. The first kappa shape index (κ1) is 16.9. The zero-order valence-corrected chi connectivity index (χ0v) is 17.0. The van der Waals surface area contributed by atoms with Crippen LogP contribution >= 0.6 is 23.1 Å². The fraction of sp³-hybridized carbons (Fsp3) is 0.571. The molecule has 3 aliphatic rings. The van der Waals surface area contributed by atoms with E-state index in [0.717, 1.165) is 30.0 Å². The van der Waals surface area contributed by atoms with E-state index < -0.39 is 0 Å². The van der Waals surface area contributed by atoms with Crippen molar-refractivity contribution in [1.29, 1.82) is 0 Å². The molecule has 5 heteroatoms. The molecule has 1 aliphatic heterocycles. The lowest BCUT2D eigenvalue weighted by Crippen LogP contribution is -2.33. The number of hydrogen-bond acceptors (Lipinski definition) is 4. The van der Waals surface area contributed by atoms with E-state index in [9.17, 15) is 4.79 Å². The van der Waals surface area contributed by atoms with Gasteiger partial charge in [-0.2, -0.15) is 0 Å². The number of aromatic amines is 1. The highest BCUT2D eigenvalue weighted by atomic mass is 32.2. The van der Waals surface area contributed by atoms with Gasteiger partial charge < -0.3 is 9.88 Å². The van der Waals surface area contributed by atoms with Gasteiger partial charge in [-0.1, -0.05) is 23.5 Å². The minimum absolute atomic E-state index is 0.111. The molecule has 0 spiro atoms. The molecule has 0 saturated heterocycles. The van der Waals surface area contributed by atoms with Crippen molar-refractivity contribution in [3.05, 3.63) is 44.4 Å². The Bertz CT molecular complexity index is 852. The summed E-state index contributed by atoms with van der Waals surface area (Å²) in [7, 11) is 0. The van der Waals surface area contributed by atoms with E-state index in [0.29, 0.717) is 17.1 Å². The van der Waals surface area contributed by atoms with Gasteiger partial charge in [0.1, 0.15) is 0 Å². The van der Waals surface area contributed by atoms with Crippen molar-refractivity contribution in [1.82, 2.24) is 4.98 Å². The summed E-state index contributed by atoms with van der Waals surface area (Å²) in [5.74, 6) is 2.80. The van der Waals surface area contributed by atoms with Gasteiger partial charge in [-0.3, -0.25) is 4.79 Å². The first-order valence-electron chi connectivity index (χ1n) is 9.94. The summed E-state index contributed by atoms with van der Waals surface area (Å²) in [5, 5.41) is 1.85. The summed E-state index contributed by atoms with van der Waals surface area (Å²) in [4.78, 5) is 19.0. The van der Waals surface area contributed by atoms with Gasteiger partial charge >= 0.3 is 4.87 Å². The van der Waals surface area contributed by atoms with Crippen LogP contribution in [0.1, 0.15) is 49.5 Å². The molecule has 2 aromatic rings. The molecule has 3 nitrogen and oxygen atoms in total. The van der Waals surface area contributed by atoms with Gasteiger partial charge in [0.2, 0.25) is 0 Å². The van der Waals surface area contributed by atoms with E-state index in [2.05, 4.69) is 48.0 Å². The van der Waals surface area contributed by atoms with E-state index in [4.69, 9.17) is 0 Å². The number of nitrogens with one attached hydrogen (secondary N) is 1. The van der Waals surface area contributed by atoms with Crippen molar-refractivity contribution in [2.24, 2.45) is 17.8 Å². The van der Waals surface area contributed by atoms with E-state index in [-0.39, 0.29) is 4.87 Å². The van der Waals surface area contributed by atoms with Gasteiger partial charge in [0.05, 0.1) is 5.03 Å². The minimum Gasteiger partial charge on any atom is -0.372 e. The topological polar surface area (TPSA) is 36.1 Å². The van der Waals surface area contributed by atoms with Crippen molar-refractivity contribution in [2.45, 2.75) is 49.3 Å². The van der Waals surface area contributed by atoms with E-state index >= 15 is 0 Å². The Labute approximate surface area is 163 Å². The fourth-order valence-corrected chi connectivity index (χ4v) is 8.60. The third kappa shape index (κ3) is 2.50. The lowest BCUT2D eigenvalue weighted by molar-refractivity contribution is 0.307. The second-order valence-electron chi connectivity index (χ2n) is 7.94. The summed E-state index contributed by atoms with van der Waals surface area (Å²) < 4.78 is 0. The van der Waals surface area contributed by atoms with E-state index in [1.54, 1.807) is 0 Å². The largest absolute Gasteiger partial charge is 0.372 e. The van der Waals surface area contributed by atoms with E-state index in [1.807, 2.05) is 11.8 Å². The maximum atomic E-state index is 12.1. The number of rotatable bonds is 4. The third-order valence-electron chi connectivity index (χ3n) is 6.85. The molecule has 1 aromatic carbocycles. The van der Waals surface area contributed by atoms with Crippen LogP contribution in [0.4, 0.5) is 5.69 Å². The van der Waals surface area contributed by atoms with Crippen molar-refractivity contribution in [2.75, 3.05) is 18.0 Å². The quantitative estimate of drug-likeness (QED) is 0.809. The van der Waals surface area contributed by atoms with Crippen LogP contribution in [-0.4, -0.2) is 23.3 Å². The van der Waals surface area contributed by atoms with Gasteiger partial charge in [0.15, 0.2) is 0 Å². The van der Waals surface area contributed by atoms with Gasteiger partial charge in [0.25, 0.3) is 0 Å². The summed E-state index contributed by atoms with van der Waals surface area (Å²) in [6.07, 6.45) is 4.17. The molecular formula is C21H26N2OS2. The number of nitrogens with zero attached hydrogens (tertiary/aromatic N) is 1. The Kier molecular flexibility index (Phi) is 4.20. The average Bonchev–Trinajstić information content (AvgIpc) is 3.35. The minimum atomic E-state index is 0.111. The number of fused-ring (bicyclic) bond motifs is 6. The molecule has 1 N–H and O–H groups in total. The number of aromatic nitrogens is 1. The Balaban J connectivity index is 1.56. The Morgan fingerprint density at radius 1 is 1.12 bits per heavy atom. The number of thioether (sulfide) groups is 1. The van der Waals surface area contributed by atoms with Gasteiger partial charge in [-0.25, -0.2) is 0 Å². The zero-order chi connectivity index (χ0) is 17.8. The lowest BCUT2D eigenvalue weighted by atomic mass is 9.75. The van der Waals surface area contributed by atoms with E-state index in [1.165, 1.54) is 46.7 Å². The highest BCUT2D eigenvalue weighted by molar-refractivity contribution is 8.00. The summed E-state index contributed by atoms with van der Waals surface area (Å²) in [6, 6.07) is 9.21. The van der Waals surface area contributed by atoms with Gasteiger partial charge in [-0.05, 0) is 68.6 Å². The van der Waals surface area contributed by atoms with Crippen molar-refractivity contribution < 1.29 is 0 Å². The predicted molar refractivity (Wildman–Crippen MR) is 111 cm³/mol. The molecule has 2 saturated carbocycles. The molecule has 0 amide bonds. The van der Waals surface area contributed by atoms with Crippen molar-refractivity contribution >= 4 is 28.8 Å². The number of thiazole rings is 1. The Hall–Kier alpha value is -1.20. The molecule has 2 aliphatic carbocycles. The van der Waals surface area contributed by atoms with Crippen LogP contribution in [0, 0.1) is 17.8 Å². The normalized spacial score (nSPS) is 31.7. The summed E-state index contributed by atoms with van der Waals surface area (Å²) in [5.41, 5.74) is 2.70. The van der Waals surface area contributed by atoms with Crippen LogP contribution < -0.4 is 9.77 Å². The molecule has 138 valence electrons. The first-order valence-corrected chi connectivity index (χ1v) is 11.6. The molecule has 26 heavy (non-hydrogen) atoms. The molecule has 5 atom stereocenters. The van der Waals surface area contributed by atoms with Crippen LogP contribution in [0.25, 0.3) is 0 Å². The highest BCUT2D eigenvalue weighted by Gasteiger charge is 2.54. The molecule has 5 rings (SSSR count). The Morgan fingerprint density at radius 2 is 1.85 bits per heavy atom. The maximum Gasteiger partial charge on any atom is 0.305 e. The zero-order valence-electron chi connectivity index (χ0n) is 15.4. The highest BCUT2D eigenvalue weighted by Crippen LogP contribution is 2.63. The second kappa shape index (κ2) is 6.45. The lowest BCUT2D eigenvalue weighted by Gasteiger charge is -2.40. The van der Waals surface area contributed by atoms with Crippen LogP contribution in [0.2, 0.25) is 0 Å². The Morgan fingerprint density at radius 3 is 2.58 bits per heavy atom. The molecule has 2 bridgehead atoms. The third-order valence-corrected chi connectivity index (χ3v) is 9.47. The van der Waals surface area contributed by atoms with Crippen molar-refractivity contribution in [3.8, 4) is 0 Å². The molecular weight excluding hydrogens is 360 g/mol. The van der Waals surface area contributed by atoms with Gasteiger partial charge in [-0.15, -0.1) is 11.8 Å². The predicted octanol–water partition coefficient (Wildman–Crippen LogP) is 4.93. The maximum absolute atomic E-state index is 12.1. The monoisotopic (exact) mass is 386 g/mol. The summed E-state index contributed by atoms with van der Waals surface area (Å²) >= 11 is 3.42. The summed E-state index contributed by atoms with van der Waals surface area (Å²) in [6.45, 7) is 6.49. The standard InChI is InChI=1S/C21H26N2OS2/c1-3-23(4-2)15-9-7-12(8-10-15)16-17-13-5-6-14(11-13)18(17)25-20-19(16)26-21(24)22-20/h7-10,13-14,16-18H,3-6,11H2,1-2H3,(H,22,24)/t13-,14-,16+,17-,18-/m0/s1. The molecule has 2 fully saturated rings. The van der Waals surface area contributed by atoms with Gasteiger partial charge in [0, 0.05) is 34.8 Å². The average molecular weight is 387 g/mol. The van der Waals surface area contributed by atoms with Crippen molar-refractivity contribution in [3.63, 3.8) is 0 Å². The fourth-order valence-electron chi connectivity index (χ4n) is 5.70. The SMILES string of the molecule is CCN(CC)c1ccc([C@H]2c3sc(=O)[nH]c3S[C@H]3[C@H]4CC[C@@H](C4)[C@@H]23)cc1. The number of anilines is 1. The molecule has 0 unspecified atom stereocenters. The number of hydrogen-bond donors (Lipinski definition) is 1. The van der Waals surface area contributed by atoms with Crippen LogP contribution in [0.5, 0.6) is 0 Å². The molecule has 2 heterocycles. The van der Waals surface area contributed by atoms with Crippen LogP contribution in [-0.2, 0) is 0 Å². The van der Waals surface area contributed by atoms with Crippen LogP contribution in [0.3, 0.4) is 0 Å². The molecule has 1 aromatic heterocycles. The smallest absolute Gasteiger partial charge is 0.305 e.